The van der Waals surface area contributed by atoms with Gasteiger partial charge in [-0.25, -0.2) is 0 Å². The smallest absolute Gasteiger partial charge is 1.00 e. The molecule has 0 aromatic carbocycles. The zero-order valence-corrected chi connectivity index (χ0v) is 7.26. The van der Waals surface area contributed by atoms with Crippen molar-refractivity contribution in [2.24, 2.45) is 0 Å². The fourth-order valence-corrected chi connectivity index (χ4v) is 0. The molecule has 0 radical (unpaired) electrons. The van der Waals surface area contributed by atoms with Crippen LogP contribution in [0.5, 0.6) is 0 Å². The van der Waals surface area contributed by atoms with Gasteiger partial charge in [0.15, 0.2) is 0 Å². The fourth-order valence-electron chi connectivity index (χ4n) is 0. The molecule has 0 saturated carbocycles. The van der Waals surface area contributed by atoms with Crippen LogP contribution in [0.2, 0.25) is 0 Å². The molecule has 0 aliphatic carbocycles. The third-order valence-corrected chi connectivity index (χ3v) is 0. The number of hydrogen-bond acceptors (Lipinski definition) is 0. The van der Waals surface area contributed by atoms with Crippen molar-refractivity contribution >= 4 is 67.1 Å². The maximum absolute atomic E-state index is 0. The molecule has 0 rings (SSSR count). The molecule has 0 aromatic rings. The minimum atomic E-state index is 0. The zero-order valence-electron chi connectivity index (χ0n) is 5.52. The van der Waals surface area contributed by atoms with Gasteiger partial charge in [-0.15, -0.1) is 29.4 Å². The van der Waals surface area contributed by atoms with Gasteiger partial charge in [0, 0.05) is 0 Å². The Morgan fingerprint density at radius 3 is 1.25 bits per heavy atom. The van der Waals surface area contributed by atoms with Gasteiger partial charge in [0.25, 0.3) is 0 Å². The molecule has 0 heterocycles. The topological polar surface area (TPSA) is 0 Å². The standard InChI is InChI=1S/BrH.Ca.ClH.Li.3H/h1H;;1H;;;;/q;+2;;+1;3*-1. The Morgan fingerprint density at radius 1 is 1.25 bits per heavy atom. The second-order valence-corrected chi connectivity index (χ2v) is 0. The van der Waals surface area contributed by atoms with Crippen molar-refractivity contribution in [1.29, 1.82) is 0 Å². The summed E-state index contributed by atoms with van der Waals surface area (Å²) >= 11 is 0. The van der Waals surface area contributed by atoms with Crippen molar-refractivity contribution in [3.05, 3.63) is 0 Å². The van der Waals surface area contributed by atoms with Crippen molar-refractivity contribution in [3.63, 3.8) is 0 Å². The van der Waals surface area contributed by atoms with Crippen LogP contribution in [0.3, 0.4) is 0 Å². The molecule has 0 spiro atoms. The largest absolute Gasteiger partial charge is 2.00 e. The van der Waals surface area contributed by atoms with E-state index >= 15 is 0 Å². The van der Waals surface area contributed by atoms with Gasteiger partial charge < -0.3 is 4.28 Å². The van der Waals surface area contributed by atoms with E-state index in [2.05, 4.69) is 0 Å². The quantitative estimate of drug-likeness (QED) is 0.365. The van der Waals surface area contributed by atoms with E-state index in [1.165, 1.54) is 0 Å². The Bertz CT molecular complexity index is 14.9. The molecule has 0 fully saturated rings. The Kier molecular flexibility index (Phi) is 133. The van der Waals surface area contributed by atoms with Gasteiger partial charge in [0.2, 0.25) is 0 Å². The van der Waals surface area contributed by atoms with Gasteiger partial charge in [-0.1, -0.05) is 0 Å². The molecule has 0 N–H and O–H groups in total. The first-order valence-corrected chi connectivity index (χ1v) is 0. The SMILES string of the molecule is Br.Cl.[Ca+2].[H-].[H-].[H-].[Li+]. The summed E-state index contributed by atoms with van der Waals surface area (Å²) in [4.78, 5) is 0. The third-order valence-electron chi connectivity index (χ3n) is 0. The first-order chi connectivity index (χ1) is 0. The van der Waals surface area contributed by atoms with Crippen LogP contribution in [-0.4, -0.2) is 37.7 Å². The van der Waals surface area contributed by atoms with E-state index in [0.29, 0.717) is 0 Å². The molecule has 0 unspecified atom stereocenters. The van der Waals surface area contributed by atoms with Gasteiger partial charge in [0.05, 0.1) is 0 Å². The summed E-state index contributed by atoms with van der Waals surface area (Å²) in [6.07, 6.45) is 0. The summed E-state index contributed by atoms with van der Waals surface area (Å²) in [7, 11) is 0. The van der Waals surface area contributed by atoms with Crippen LogP contribution >= 0.6 is 29.4 Å². The van der Waals surface area contributed by atoms with E-state index in [1.54, 1.807) is 0 Å². The Morgan fingerprint density at radius 2 is 1.25 bits per heavy atom. The van der Waals surface area contributed by atoms with Crippen LogP contribution in [-0.2, 0) is 0 Å². The summed E-state index contributed by atoms with van der Waals surface area (Å²) in [5, 5.41) is 0. The van der Waals surface area contributed by atoms with Crippen molar-refractivity contribution < 1.29 is 23.1 Å². The van der Waals surface area contributed by atoms with E-state index in [9.17, 15) is 0 Å². The molecule has 0 aliphatic rings. The second-order valence-electron chi connectivity index (χ2n) is 0. The second kappa shape index (κ2) is 17.5. The van der Waals surface area contributed by atoms with Crippen LogP contribution in [0.4, 0.5) is 0 Å². The van der Waals surface area contributed by atoms with E-state index in [-0.39, 0.29) is 90.3 Å². The Balaban J connectivity index is 0. The molecule has 0 saturated heterocycles. The molecule has 0 nitrogen and oxygen atoms in total. The van der Waals surface area contributed by atoms with E-state index in [1.807, 2.05) is 0 Å². The normalized spacial score (nSPS) is 0. The molecule has 0 amide bonds. The zero-order chi connectivity index (χ0) is 0. The maximum atomic E-state index is 0. The van der Waals surface area contributed by atoms with Crippen molar-refractivity contribution in [2.75, 3.05) is 0 Å². The fraction of sp³-hybridized carbons (Fsp3) is 0. The monoisotopic (exact) mass is 166 g/mol. The number of halogens is 2. The first kappa shape index (κ1) is 30.4. The number of hydrogen-bond donors (Lipinski definition) is 0. The Labute approximate surface area is 88.9 Å². The maximum Gasteiger partial charge on any atom is 2.00 e. The molecule has 0 aliphatic heterocycles. The van der Waals surface area contributed by atoms with E-state index in [0.717, 1.165) is 0 Å². The molecule has 0 bridgehead atoms. The van der Waals surface area contributed by atoms with Gasteiger partial charge >= 0.3 is 56.6 Å². The third kappa shape index (κ3) is 8.82. The molecule has 22 valence electrons. The molecule has 0 atom stereocenters. The van der Waals surface area contributed by atoms with Crippen LogP contribution in [0.25, 0.3) is 0 Å². The predicted molar refractivity (Wildman–Crippen MR) is 26.7 cm³/mol. The average molecular weight is 167 g/mol. The minimum Gasteiger partial charge on any atom is -1.00 e. The summed E-state index contributed by atoms with van der Waals surface area (Å²) in [6, 6.07) is 0. The van der Waals surface area contributed by atoms with Crippen LogP contribution in [0.15, 0.2) is 0 Å². The number of rotatable bonds is 0. The summed E-state index contributed by atoms with van der Waals surface area (Å²) in [6.45, 7) is 0. The van der Waals surface area contributed by atoms with Gasteiger partial charge in [-0.3, -0.25) is 0 Å². The van der Waals surface area contributed by atoms with E-state index < -0.39 is 0 Å². The summed E-state index contributed by atoms with van der Waals surface area (Å²) in [5.41, 5.74) is 0. The van der Waals surface area contributed by atoms with Crippen LogP contribution < -0.4 is 18.9 Å². The molecular formula is H5BrCaClLi. The molecular weight excluding hydrogens is 162 g/mol. The minimum absolute atomic E-state index is 0. The molecule has 0 aromatic heterocycles. The van der Waals surface area contributed by atoms with Gasteiger partial charge in [-0.05, 0) is 0 Å². The Hall–Kier alpha value is 2.63. The first-order valence-electron chi connectivity index (χ1n) is 0. The van der Waals surface area contributed by atoms with Crippen molar-refractivity contribution in [1.82, 2.24) is 0 Å². The van der Waals surface area contributed by atoms with Gasteiger partial charge in [0.1, 0.15) is 0 Å². The molecule has 4 heavy (non-hydrogen) atoms. The average Bonchev–Trinajstić information content (AvgIpc) is 0. The van der Waals surface area contributed by atoms with Crippen molar-refractivity contribution in [2.45, 2.75) is 0 Å². The summed E-state index contributed by atoms with van der Waals surface area (Å²) < 4.78 is 0. The van der Waals surface area contributed by atoms with Crippen LogP contribution in [0.1, 0.15) is 4.28 Å². The predicted octanol–water partition coefficient (Wildman–Crippen LogP) is -2.04. The summed E-state index contributed by atoms with van der Waals surface area (Å²) in [5.74, 6) is 0. The molecule has 4 heteroatoms. The van der Waals surface area contributed by atoms with Crippen LogP contribution in [0, 0.1) is 0 Å². The van der Waals surface area contributed by atoms with Gasteiger partial charge in [-0.2, -0.15) is 0 Å². The van der Waals surface area contributed by atoms with E-state index in [4.69, 9.17) is 0 Å². The van der Waals surface area contributed by atoms with Crippen molar-refractivity contribution in [3.8, 4) is 0 Å².